The third-order valence-electron chi connectivity index (χ3n) is 9.47. The zero-order chi connectivity index (χ0) is 26.8. The van der Waals surface area contributed by atoms with Gasteiger partial charge in [-0.05, 0) is 43.3 Å². The lowest BCUT2D eigenvalue weighted by atomic mass is 9.59. The molecule has 0 aromatic rings. The van der Waals surface area contributed by atoms with Crippen LogP contribution >= 0.6 is 0 Å². The predicted octanol–water partition coefficient (Wildman–Crippen LogP) is 2.63. The smallest absolute Gasteiger partial charge is 0.306 e. The molecule has 36 heavy (non-hydrogen) atoms. The van der Waals surface area contributed by atoms with Crippen LogP contribution in [0.25, 0.3) is 0 Å². The third-order valence-corrected chi connectivity index (χ3v) is 9.47. The van der Waals surface area contributed by atoms with Crippen molar-refractivity contribution in [3.63, 3.8) is 0 Å². The number of aliphatic hydroxyl groups is 3. The van der Waals surface area contributed by atoms with Crippen molar-refractivity contribution >= 4 is 17.7 Å². The molecule has 2 unspecified atom stereocenters. The van der Waals surface area contributed by atoms with Crippen molar-refractivity contribution in [2.75, 3.05) is 6.61 Å². The van der Waals surface area contributed by atoms with Crippen molar-refractivity contribution in [1.29, 1.82) is 0 Å². The number of allylic oxidation sites excluding steroid dienone is 1. The first-order valence-corrected chi connectivity index (χ1v) is 13.2. The standard InChI is InChI=1S/C28H40O8/c1-7-9-19(30)35-24-15(3)12-26-16(4)13-27(36-20(31)10-8-2)21(25(27,5)6)18(23(26)33)11-17(14-29)22(32)28(24,26)34/h11-12,16,18,21-22,24,29,32,34H,7-10,13-14H2,1-6H3/t16?,18-,21+,22+,24-,26?,27-,28-/m0/s1. The highest BCUT2D eigenvalue weighted by atomic mass is 16.6. The number of Topliss-reactive ketones (excluding diaryl/α,β-unsaturated/α-hetero) is 1. The molecule has 3 N–H and O–H groups in total. The van der Waals surface area contributed by atoms with Crippen LogP contribution in [-0.4, -0.2) is 63.1 Å². The topological polar surface area (TPSA) is 130 Å². The van der Waals surface area contributed by atoms with Crippen LogP contribution in [0.3, 0.4) is 0 Å². The summed E-state index contributed by atoms with van der Waals surface area (Å²) < 4.78 is 11.9. The van der Waals surface area contributed by atoms with Gasteiger partial charge >= 0.3 is 11.9 Å². The van der Waals surface area contributed by atoms with Gasteiger partial charge in [0.1, 0.15) is 11.7 Å². The number of carbonyl (C=O) groups excluding carboxylic acids is 3. The van der Waals surface area contributed by atoms with E-state index in [4.69, 9.17) is 9.47 Å². The molecule has 8 heteroatoms. The Morgan fingerprint density at radius 2 is 1.75 bits per heavy atom. The van der Waals surface area contributed by atoms with Gasteiger partial charge in [0.05, 0.1) is 12.0 Å². The minimum absolute atomic E-state index is 0.1000. The number of ketones is 1. The van der Waals surface area contributed by atoms with E-state index in [0.717, 1.165) is 0 Å². The summed E-state index contributed by atoms with van der Waals surface area (Å²) in [6, 6.07) is 0. The number of hydrogen-bond donors (Lipinski definition) is 3. The van der Waals surface area contributed by atoms with Gasteiger partial charge in [-0.1, -0.05) is 46.8 Å². The minimum atomic E-state index is -2.21. The minimum Gasteiger partial charge on any atom is -0.458 e. The van der Waals surface area contributed by atoms with E-state index in [1.165, 1.54) is 0 Å². The molecule has 0 amide bonds. The van der Waals surface area contributed by atoms with Gasteiger partial charge in [0, 0.05) is 30.1 Å². The molecule has 0 aliphatic heterocycles. The Morgan fingerprint density at radius 1 is 1.14 bits per heavy atom. The van der Waals surface area contributed by atoms with E-state index in [-0.39, 0.29) is 36.1 Å². The molecule has 0 aromatic carbocycles. The first-order valence-electron chi connectivity index (χ1n) is 13.2. The fourth-order valence-corrected chi connectivity index (χ4v) is 7.75. The molecule has 4 aliphatic rings. The number of fused-ring (bicyclic) bond motifs is 3. The average Bonchev–Trinajstić information content (AvgIpc) is 3.19. The monoisotopic (exact) mass is 504 g/mol. The maximum atomic E-state index is 14.5. The van der Waals surface area contributed by atoms with Gasteiger partial charge in [-0.25, -0.2) is 0 Å². The Bertz CT molecular complexity index is 1030. The van der Waals surface area contributed by atoms with Gasteiger partial charge in [-0.15, -0.1) is 0 Å². The van der Waals surface area contributed by atoms with Gasteiger partial charge in [-0.3, -0.25) is 14.4 Å². The van der Waals surface area contributed by atoms with Crippen LogP contribution < -0.4 is 0 Å². The lowest BCUT2D eigenvalue weighted by Gasteiger charge is -2.49. The van der Waals surface area contributed by atoms with E-state index in [2.05, 4.69) is 0 Å². The highest BCUT2D eigenvalue weighted by molar-refractivity contribution is 5.96. The van der Waals surface area contributed by atoms with Gasteiger partial charge in [0.15, 0.2) is 17.5 Å². The molecule has 8 atom stereocenters. The normalized spacial score (nSPS) is 42.2. The Kier molecular flexibility index (Phi) is 6.59. The summed E-state index contributed by atoms with van der Waals surface area (Å²) in [4.78, 5) is 39.8. The number of carbonyl (C=O) groups is 3. The third kappa shape index (κ3) is 3.26. The summed E-state index contributed by atoms with van der Waals surface area (Å²) in [6.45, 7) is 10.6. The lowest BCUT2D eigenvalue weighted by molar-refractivity contribution is -0.204. The molecule has 8 nitrogen and oxygen atoms in total. The van der Waals surface area contributed by atoms with Crippen molar-refractivity contribution in [2.24, 2.45) is 28.6 Å². The summed E-state index contributed by atoms with van der Waals surface area (Å²) in [5, 5.41) is 34.2. The summed E-state index contributed by atoms with van der Waals surface area (Å²) in [5.41, 5.74) is -4.69. The second-order valence-electron chi connectivity index (χ2n) is 11.8. The molecule has 0 heterocycles. The number of hydrogen-bond acceptors (Lipinski definition) is 8. The number of aliphatic hydroxyl groups excluding tert-OH is 2. The van der Waals surface area contributed by atoms with Crippen molar-refractivity contribution in [3.8, 4) is 0 Å². The summed E-state index contributed by atoms with van der Waals surface area (Å²) in [6.07, 6.45) is 2.20. The van der Waals surface area contributed by atoms with E-state index >= 15 is 0 Å². The van der Waals surface area contributed by atoms with Gasteiger partial charge in [0.25, 0.3) is 0 Å². The molecule has 200 valence electrons. The molecule has 2 fully saturated rings. The quantitative estimate of drug-likeness (QED) is 0.356. The van der Waals surface area contributed by atoms with Crippen LogP contribution in [0.5, 0.6) is 0 Å². The largest absolute Gasteiger partial charge is 0.458 e. The fourth-order valence-electron chi connectivity index (χ4n) is 7.75. The molecule has 4 aliphatic carbocycles. The van der Waals surface area contributed by atoms with Gasteiger partial charge in [-0.2, -0.15) is 0 Å². The average molecular weight is 505 g/mol. The van der Waals surface area contributed by atoms with Crippen LogP contribution in [0.2, 0.25) is 0 Å². The Labute approximate surface area is 212 Å². The predicted molar refractivity (Wildman–Crippen MR) is 130 cm³/mol. The number of esters is 2. The molecule has 4 rings (SSSR count). The molecule has 2 bridgehead atoms. The van der Waals surface area contributed by atoms with Crippen molar-refractivity contribution in [1.82, 2.24) is 0 Å². The summed E-state index contributed by atoms with van der Waals surface area (Å²) in [7, 11) is 0. The van der Waals surface area contributed by atoms with Gasteiger partial charge < -0.3 is 24.8 Å². The molecular weight excluding hydrogens is 464 g/mol. The van der Waals surface area contributed by atoms with E-state index in [0.29, 0.717) is 24.8 Å². The van der Waals surface area contributed by atoms with Crippen LogP contribution in [-0.2, 0) is 23.9 Å². The van der Waals surface area contributed by atoms with Crippen LogP contribution in [0, 0.1) is 28.6 Å². The van der Waals surface area contributed by atoms with Crippen LogP contribution in [0.15, 0.2) is 23.3 Å². The van der Waals surface area contributed by atoms with Crippen molar-refractivity contribution < 1.29 is 39.2 Å². The van der Waals surface area contributed by atoms with Crippen LogP contribution in [0.1, 0.15) is 73.6 Å². The number of ether oxygens (including phenoxy) is 2. The van der Waals surface area contributed by atoms with E-state index < -0.39 is 58.7 Å². The Hall–Kier alpha value is -2.03. The maximum Gasteiger partial charge on any atom is 0.306 e. The van der Waals surface area contributed by atoms with E-state index in [9.17, 15) is 29.7 Å². The highest BCUT2D eigenvalue weighted by Crippen LogP contribution is 2.75. The second-order valence-corrected chi connectivity index (χ2v) is 11.8. The first kappa shape index (κ1) is 27.0. The SMILES string of the molecule is CCCC(=O)O[C@H]1C(C)=CC23C(=O)[C@@H](C=C(CO)[C@@H](O)[C@]12O)[C@@H]1C(C)(C)[C@]1(OC(=O)CCC)CC3C. The molecule has 0 aromatic heterocycles. The van der Waals surface area contributed by atoms with Crippen molar-refractivity contribution in [3.05, 3.63) is 23.3 Å². The van der Waals surface area contributed by atoms with Gasteiger partial charge in [0.2, 0.25) is 0 Å². The van der Waals surface area contributed by atoms with E-state index in [1.54, 1.807) is 19.1 Å². The van der Waals surface area contributed by atoms with E-state index in [1.807, 2.05) is 34.6 Å². The molecule has 2 saturated carbocycles. The fraction of sp³-hybridized carbons (Fsp3) is 0.750. The van der Waals surface area contributed by atoms with Crippen molar-refractivity contribution in [2.45, 2.75) is 97.1 Å². The maximum absolute atomic E-state index is 14.5. The number of rotatable bonds is 7. The summed E-state index contributed by atoms with van der Waals surface area (Å²) >= 11 is 0. The molecule has 0 radical (unpaired) electrons. The lowest BCUT2D eigenvalue weighted by Crippen LogP contribution is -2.66. The Morgan fingerprint density at radius 3 is 2.33 bits per heavy atom. The zero-order valence-electron chi connectivity index (χ0n) is 22.2. The molecule has 1 spiro atoms. The highest BCUT2D eigenvalue weighted by Gasteiger charge is 2.83. The van der Waals surface area contributed by atoms with Crippen LogP contribution in [0.4, 0.5) is 0 Å². The zero-order valence-corrected chi connectivity index (χ0v) is 22.2. The molecular formula is C28H40O8. The second kappa shape index (κ2) is 8.77. The Balaban J connectivity index is 1.90. The molecule has 0 saturated heterocycles. The first-order chi connectivity index (χ1) is 16.8. The summed E-state index contributed by atoms with van der Waals surface area (Å²) in [5.74, 6) is -2.93.